The monoisotopic (exact) mass is 248 g/mol. The van der Waals surface area contributed by atoms with E-state index in [1.165, 1.54) is 4.90 Å². The van der Waals surface area contributed by atoms with Crippen LogP contribution >= 0.6 is 0 Å². The Balaban J connectivity index is 1.90. The fourth-order valence-electron chi connectivity index (χ4n) is 2.14. The highest BCUT2D eigenvalue weighted by molar-refractivity contribution is 5.83. The van der Waals surface area contributed by atoms with Gasteiger partial charge in [0.2, 0.25) is 0 Å². The zero-order chi connectivity index (χ0) is 13.0. The third-order valence-electron chi connectivity index (χ3n) is 3.09. The van der Waals surface area contributed by atoms with Gasteiger partial charge in [-0.3, -0.25) is 0 Å². The number of hydrogen-bond donors (Lipinski definition) is 2. The molecule has 2 N–H and O–H groups in total. The van der Waals surface area contributed by atoms with Crippen LogP contribution in [0.1, 0.15) is 18.4 Å². The van der Waals surface area contributed by atoms with Crippen LogP contribution in [0.5, 0.6) is 0 Å². The summed E-state index contributed by atoms with van der Waals surface area (Å²) in [5.74, 6) is -0.928. The number of nitrogens with one attached hydrogen (secondary N) is 1. The first-order valence-electron chi connectivity index (χ1n) is 5.99. The number of carboxylic acids is 1. The highest BCUT2D eigenvalue weighted by Crippen LogP contribution is 2.17. The van der Waals surface area contributed by atoms with Gasteiger partial charge in [0.25, 0.3) is 0 Å². The summed E-state index contributed by atoms with van der Waals surface area (Å²) in [7, 11) is 0. The van der Waals surface area contributed by atoms with Crippen molar-refractivity contribution in [2.45, 2.75) is 25.4 Å². The second-order valence-corrected chi connectivity index (χ2v) is 4.33. The summed E-state index contributed by atoms with van der Waals surface area (Å²) in [5.41, 5.74) is 0.997. The molecule has 0 spiro atoms. The molecular weight excluding hydrogens is 232 g/mol. The van der Waals surface area contributed by atoms with E-state index in [0.717, 1.165) is 12.0 Å². The molecule has 1 heterocycles. The maximum Gasteiger partial charge on any atom is 0.326 e. The summed E-state index contributed by atoms with van der Waals surface area (Å²) in [6.07, 6.45) is 1.28. The lowest BCUT2D eigenvalue weighted by Crippen LogP contribution is -2.45. The van der Waals surface area contributed by atoms with Gasteiger partial charge in [0, 0.05) is 13.1 Å². The molecule has 1 aliphatic heterocycles. The van der Waals surface area contributed by atoms with E-state index in [4.69, 9.17) is 5.11 Å². The number of hydrogen-bond acceptors (Lipinski definition) is 2. The van der Waals surface area contributed by atoms with E-state index in [1.807, 2.05) is 30.3 Å². The first-order valence-corrected chi connectivity index (χ1v) is 5.99. The zero-order valence-electron chi connectivity index (χ0n) is 10.0. The van der Waals surface area contributed by atoms with Gasteiger partial charge in [-0.25, -0.2) is 9.59 Å². The largest absolute Gasteiger partial charge is 0.480 e. The van der Waals surface area contributed by atoms with Crippen LogP contribution in [-0.2, 0) is 11.3 Å². The maximum absolute atomic E-state index is 11.9. The molecule has 0 aliphatic carbocycles. The van der Waals surface area contributed by atoms with Crippen molar-refractivity contribution >= 4 is 12.0 Å². The Morgan fingerprint density at radius 2 is 2.06 bits per heavy atom. The topological polar surface area (TPSA) is 69.6 Å². The number of amides is 2. The highest BCUT2D eigenvalue weighted by Gasteiger charge is 2.33. The molecule has 0 radical (unpaired) electrons. The molecule has 1 atom stereocenters. The Kier molecular flexibility index (Phi) is 3.82. The van der Waals surface area contributed by atoms with E-state index in [-0.39, 0.29) is 6.03 Å². The molecule has 2 rings (SSSR count). The summed E-state index contributed by atoms with van der Waals surface area (Å²) >= 11 is 0. The fourth-order valence-corrected chi connectivity index (χ4v) is 2.14. The zero-order valence-corrected chi connectivity index (χ0v) is 10.0. The standard InChI is InChI=1S/C13H16N2O3/c16-12(17)11-7-4-8-15(11)13(18)14-9-10-5-2-1-3-6-10/h1-3,5-6,11H,4,7-9H2,(H,14,18)(H,16,17). The average molecular weight is 248 g/mol. The van der Waals surface area contributed by atoms with Crippen LogP contribution in [-0.4, -0.2) is 34.6 Å². The number of carbonyl (C=O) groups is 2. The molecule has 0 saturated carbocycles. The Labute approximate surface area is 105 Å². The third-order valence-corrected chi connectivity index (χ3v) is 3.09. The van der Waals surface area contributed by atoms with Gasteiger partial charge in [-0.2, -0.15) is 0 Å². The number of carbonyl (C=O) groups excluding carboxylic acids is 1. The summed E-state index contributed by atoms with van der Waals surface area (Å²) in [4.78, 5) is 24.2. The Morgan fingerprint density at radius 1 is 1.33 bits per heavy atom. The van der Waals surface area contributed by atoms with Gasteiger partial charge < -0.3 is 15.3 Å². The van der Waals surface area contributed by atoms with Crippen molar-refractivity contribution < 1.29 is 14.7 Å². The number of aliphatic carboxylic acids is 1. The Bertz CT molecular complexity index is 433. The van der Waals surface area contributed by atoms with Gasteiger partial charge in [-0.05, 0) is 18.4 Å². The van der Waals surface area contributed by atoms with E-state index in [1.54, 1.807) is 0 Å². The van der Waals surface area contributed by atoms with Gasteiger partial charge in [0.05, 0.1) is 0 Å². The number of benzene rings is 1. The molecule has 2 amide bonds. The van der Waals surface area contributed by atoms with Crippen molar-refractivity contribution in [1.82, 2.24) is 10.2 Å². The lowest BCUT2D eigenvalue weighted by molar-refractivity contribution is -0.141. The number of likely N-dealkylation sites (tertiary alicyclic amines) is 1. The van der Waals surface area contributed by atoms with Crippen LogP contribution in [0.15, 0.2) is 30.3 Å². The van der Waals surface area contributed by atoms with Gasteiger partial charge in [-0.15, -0.1) is 0 Å². The van der Waals surface area contributed by atoms with Crippen LogP contribution in [0.25, 0.3) is 0 Å². The van der Waals surface area contributed by atoms with E-state index in [9.17, 15) is 9.59 Å². The summed E-state index contributed by atoms with van der Waals surface area (Å²) < 4.78 is 0. The van der Waals surface area contributed by atoms with Crippen molar-refractivity contribution in [2.75, 3.05) is 6.54 Å². The number of rotatable bonds is 3. The molecule has 1 aromatic carbocycles. The van der Waals surface area contributed by atoms with Crippen LogP contribution in [0.2, 0.25) is 0 Å². The molecular formula is C13H16N2O3. The van der Waals surface area contributed by atoms with Crippen molar-refractivity contribution in [1.29, 1.82) is 0 Å². The summed E-state index contributed by atoms with van der Waals surface area (Å²) in [6.45, 7) is 0.931. The molecule has 0 bridgehead atoms. The quantitative estimate of drug-likeness (QED) is 0.850. The van der Waals surface area contributed by atoms with Crippen LogP contribution in [0.4, 0.5) is 4.79 Å². The molecule has 5 heteroatoms. The maximum atomic E-state index is 11.9. The van der Waals surface area contributed by atoms with E-state index < -0.39 is 12.0 Å². The molecule has 18 heavy (non-hydrogen) atoms. The predicted molar refractivity (Wildman–Crippen MR) is 66.0 cm³/mol. The first-order chi connectivity index (χ1) is 8.68. The van der Waals surface area contributed by atoms with Crippen LogP contribution in [0.3, 0.4) is 0 Å². The van der Waals surface area contributed by atoms with Gasteiger partial charge >= 0.3 is 12.0 Å². The highest BCUT2D eigenvalue weighted by atomic mass is 16.4. The minimum absolute atomic E-state index is 0.302. The second kappa shape index (κ2) is 5.53. The molecule has 1 saturated heterocycles. The molecule has 1 unspecified atom stereocenters. The minimum Gasteiger partial charge on any atom is -0.480 e. The predicted octanol–water partition coefficient (Wildman–Crippen LogP) is 1.45. The Hall–Kier alpha value is -2.04. The second-order valence-electron chi connectivity index (χ2n) is 4.33. The summed E-state index contributed by atoms with van der Waals surface area (Å²) in [6, 6.07) is 8.56. The van der Waals surface area contributed by atoms with Crippen LogP contribution in [0, 0.1) is 0 Å². The van der Waals surface area contributed by atoms with Gasteiger partial charge in [0.1, 0.15) is 6.04 Å². The molecule has 1 aliphatic rings. The number of carboxylic acid groups (broad SMARTS) is 1. The van der Waals surface area contributed by atoms with Crippen molar-refractivity contribution in [3.8, 4) is 0 Å². The van der Waals surface area contributed by atoms with Crippen molar-refractivity contribution in [2.24, 2.45) is 0 Å². The normalized spacial score (nSPS) is 18.7. The SMILES string of the molecule is O=C(O)C1CCCN1C(=O)NCc1ccccc1. The lowest BCUT2D eigenvalue weighted by Gasteiger charge is -2.21. The molecule has 5 nitrogen and oxygen atoms in total. The molecule has 96 valence electrons. The van der Waals surface area contributed by atoms with Crippen molar-refractivity contribution in [3.05, 3.63) is 35.9 Å². The first kappa shape index (κ1) is 12.4. The average Bonchev–Trinajstić information content (AvgIpc) is 2.86. The lowest BCUT2D eigenvalue weighted by atomic mass is 10.2. The fraction of sp³-hybridized carbons (Fsp3) is 0.385. The smallest absolute Gasteiger partial charge is 0.326 e. The minimum atomic E-state index is -0.928. The van der Waals surface area contributed by atoms with Crippen LogP contribution < -0.4 is 5.32 Å². The van der Waals surface area contributed by atoms with Gasteiger partial charge in [0.15, 0.2) is 0 Å². The van der Waals surface area contributed by atoms with E-state index in [0.29, 0.717) is 19.5 Å². The van der Waals surface area contributed by atoms with Crippen molar-refractivity contribution in [3.63, 3.8) is 0 Å². The molecule has 1 aromatic rings. The Morgan fingerprint density at radius 3 is 2.72 bits per heavy atom. The molecule has 1 fully saturated rings. The third kappa shape index (κ3) is 2.80. The molecule has 0 aromatic heterocycles. The number of nitrogens with zero attached hydrogens (tertiary/aromatic N) is 1. The number of urea groups is 1. The van der Waals surface area contributed by atoms with E-state index in [2.05, 4.69) is 5.32 Å². The summed E-state index contributed by atoms with van der Waals surface area (Å²) in [5, 5.41) is 11.7. The van der Waals surface area contributed by atoms with Gasteiger partial charge in [-0.1, -0.05) is 30.3 Å². The van der Waals surface area contributed by atoms with E-state index >= 15 is 0 Å².